The Labute approximate surface area is 109 Å². The predicted molar refractivity (Wildman–Crippen MR) is 72.4 cm³/mol. The molecule has 1 atom stereocenters. The standard InChI is InChI=1S/C12H15N5O2/c1-8-7-16(5-4-13-8)12-14-10-3-2-9(17(18)19)6-11(10)15-12/h2-3,6,8,13H,4-5,7H2,1H3,(H,14,15)/t8-/m0/s1. The largest absolute Gasteiger partial charge is 0.340 e. The summed E-state index contributed by atoms with van der Waals surface area (Å²) in [5, 5.41) is 14.1. The van der Waals surface area contributed by atoms with Crippen molar-refractivity contribution in [1.29, 1.82) is 0 Å². The molecule has 2 aromatic rings. The van der Waals surface area contributed by atoms with Gasteiger partial charge in [0.25, 0.3) is 5.69 Å². The maximum absolute atomic E-state index is 10.7. The van der Waals surface area contributed by atoms with Crippen LogP contribution in [-0.4, -0.2) is 40.6 Å². The monoisotopic (exact) mass is 261 g/mol. The molecular formula is C12H15N5O2. The molecule has 100 valence electrons. The maximum atomic E-state index is 10.7. The van der Waals surface area contributed by atoms with E-state index in [9.17, 15) is 10.1 Å². The lowest BCUT2D eigenvalue weighted by Crippen LogP contribution is -2.49. The molecule has 2 N–H and O–H groups in total. The van der Waals surface area contributed by atoms with Gasteiger partial charge in [-0.2, -0.15) is 0 Å². The fourth-order valence-corrected chi connectivity index (χ4v) is 2.37. The molecule has 0 saturated carbocycles. The molecule has 1 aromatic heterocycles. The molecule has 0 aliphatic carbocycles. The number of nitrogens with one attached hydrogen (secondary N) is 2. The predicted octanol–water partition coefficient (Wildman–Crippen LogP) is 1.27. The number of nitro groups is 1. The van der Waals surface area contributed by atoms with Gasteiger partial charge in [0.1, 0.15) is 0 Å². The third-order valence-electron chi connectivity index (χ3n) is 3.33. The number of non-ortho nitro benzene ring substituents is 1. The van der Waals surface area contributed by atoms with Gasteiger partial charge in [0, 0.05) is 37.8 Å². The summed E-state index contributed by atoms with van der Waals surface area (Å²) in [6.07, 6.45) is 0. The van der Waals surface area contributed by atoms with Crippen molar-refractivity contribution in [3.8, 4) is 0 Å². The van der Waals surface area contributed by atoms with E-state index < -0.39 is 4.92 Å². The van der Waals surface area contributed by atoms with Crippen LogP contribution in [0.3, 0.4) is 0 Å². The van der Waals surface area contributed by atoms with Crippen LogP contribution in [0.2, 0.25) is 0 Å². The van der Waals surface area contributed by atoms with Crippen LogP contribution in [-0.2, 0) is 0 Å². The number of aromatic nitrogens is 2. The average molecular weight is 261 g/mol. The van der Waals surface area contributed by atoms with E-state index in [0.29, 0.717) is 11.6 Å². The average Bonchev–Trinajstić information content (AvgIpc) is 2.81. The van der Waals surface area contributed by atoms with Crippen molar-refractivity contribution in [2.24, 2.45) is 0 Å². The molecule has 1 fully saturated rings. The summed E-state index contributed by atoms with van der Waals surface area (Å²) in [6, 6.07) is 5.10. The third-order valence-corrected chi connectivity index (χ3v) is 3.33. The number of rotatable bonds is 2. The van der Waals surface area contributed by atoms with Gasteiger partial charge < -0.3 is 15.2 Å². The molecule has 0 radical (unpaired) electrons. The van der Waals surface area contributed by atoms with E-state index in [1.165, 1.54) is 12.1 Å². The topological polar surface area (TPSA) is 87.1 Å². The van der Waals surface area contributed by atoms with Gasteiger partial charge in [-0.1, -0.05) is 0 Å². The van der Waals surface area contributed by atoms with Gasteiger partial charge in [-0.3, -0.25) is 10.1 Å². The Morgan fingerprint density at radius 3 is 3.11 bits per heavy atom. The second-order valence-corrected chi connectivity index (χ2v) is 4.82. The van der Waals surface area contributed by atoms with E-state index in [4.69, 9.17) is 0 Å². The third kappa shape index (κ3) is 2.24. The normalized spacial score (nSPS) is 19.8. The van der Waals surface area contributed by atoms with E-state index in [0.717, 1.165) is 31.1 Å². The first-order valence-electron chi connectivity index (χ1n) is 6.26. The van der Waals surface area contributed by atoms with Gasteiger partial charge in [-0.05, 0) is 13.0 Å². The molecule has 1 aliphatic heterocycles. The molecule has 1 saturated heterocycles. The second kappa shape index (κ2) is 4.51. The summed E-state index contributed by atoms with van der Waals surface area (Å²) in [4.78, 5) is 20.2. The highest BCUT2D eigenvalue weighted by molar-refractivity contribution is 5.80. The van der Waals surface area contributed by atoms with Crippen LogP contribution < -0.4 is 10.2 Å². The number of nitro benzene ring substituents is 1. The number of H-pyrrole nitrogens is 1. The summed E-state index contributed by atoms with van der Waals surface area (Å²) in [5.41, 5.74) is 1.54. The number of hydrogen-bond donors (Lipinski definition) is 2. The molecule has 7 heteroatoms. The number of anilines is 1. The lowest BCUT2D eigenvalue weighted by Gasteiger charge is -2.31. The molecule has 0 spiro atoms. The van der Waals surface area contributed by atoms with Crippen molar-refractivity contribution in [3.63, 3.8) is 0 Å². The molecule has 1 aliphatic rings. The molecule has 1 aromatic carbocycles. The first-order valence-corrected chi connectivity index (χ1v) is 6.26. The van der Waals surface area contributed by atoms with Gasteiger partial charge in [-0.25, -0.2) is 4.98 Å². The Balaban J connectivity index is 1.94. The summed E-state index contributed by atoms with van der Waals surface area (Å²) in [5.74, 6) is 0.781. The van der Waals surface area contributed by atoms with E-state index >= 15 is 0 Å². The van der Waals surface area contributed by atoms with Crippen LogP contribution in [0, 0.1) is 10.1 Å². The van der Waals surface area contributed by atoms with Crippen molar-refractivity contribution in [3.05, 3.63) is 28.3 Å². The number of fused-ring (bicyclic) bond motifs is 1. The van der Waals surface area contributed by atoms with Gasteiger partial charge in [0.05, 0.1) is 16.0 Å². The molecule has 19 heavy (non-hydrogen) atoms. The van der Waals surface area contributed by atoms with Crippen LogP contribution in [0.5, 0.6) is 0 Å². The molecule has 0 bridgehead atoms. The number of aromatic amines is 1. The first kappa shape index (κ1) is 11.9. The zero-order valence-electron chi connectivity index (χ0n) is 10.6. The van der Waals surface area contributed by atoms with Crippen molar-refractivity contribution < 1.29 is 4.92 Å². The quantitative estimate of drug-likeness (QED) is 0.628. The molecule has 3 rings (SSSR count). The fourth-order valence-electron chi connectivity index (χ4n) is 2.37. The number of benzene rings is 1. The van der Waals surface area contributed by atoms with Crippen LogP contribution in [0.4, 0.5) is 11.6 Å². The summed E-state index contributed by atoms with van der Waals surface area (Å²) in [6.45, 7) is 4.80. The van der Waals surface area contributed by atoms with Crippen LogP contribution in [0.1, 0.15) is 6.92 Å². The lowest BCUT2D eigenvalue weighted by molar-refractivity contribution is -0.384. The summed E-state index contributed by atoms with van der Waals surface area (Å²) >= 11 is 0. The second-order valence-electron chi connectivity index (χ2n) is 4.82. The summed E-state index contributed by atoms with van der Waals surface area (Å²) in [7, 11) is 0. The highest BCUT2D eigenvalue weighted by Crippen LogP contribution is 2.22. The number of nitrogens with zero attached hydrogens (tertiary/aromatic N) is 3. The molecule has 2 heterocycles. The van der Waals surface area contributed by atoms with Gasteiger partial charge in [-0.15, -0.1) is 0 Å². The molecule has 0 amide bonds. The molecule has 0 unspecified atom stereocenters. The van der Waals surface area contributed by atoms with Gasteiger partial charge >= 0.3 is 0 Å². The van der Waals surface area contributed by atoms with Crippen molar-refractivity contribution in [1.82, 2.24) is 15.3 Å². The number of imidazole rings is 1. The minimum Gasteiger partial charge on any atom is -0.340 e. The van der Waals surface area contributed by atoms with Crippen molar-refractivity contribution in [2.75, 3.05) is 24.5 Å². The Hall–Kier alpha value is -2.15. The van der Waals surface area contributed by atoms with Crippen LogP contribution in [0.25, 0.3) is 11.0 Å². The highest BCUT2D eigenvalue weighted by atomic mass is 16.6. The smallest absolute Gasteiger partial charge is 0.271 e. The zero-order chi connectivity index (χ0) is 13.4. The van der Waals surface area contributed by atoms with Crippen LogP contribution >= 0.6 is 0 Å². The van der Waals surface area contributed by atoms with Crippen molar-refractivity contribution >= 4 is 22.7 Å². The van der Waals surface area contributed by atoms with E-state index in [2.05, 4.69) is 27.1 Å². The molecule has 7 nitrogen and oxygen atoms in total. The van der Waals surface area contributed by atoms with Gasteiger partial charge in [0.2, 0.25) is 5.95 Å². The first-order chi connectivity index (χ1) is 9.13. The lowest BCUT2D eigenvalue weighted by atomic mass is 10.2. The Bertz CT molecular complexity index is 624. The Morgan fingerprint density at radius 1 is 1.53 bits per heavy atom. The minimum atomic E-state index is -0.396. The maximum Gasteiger partial charge on any atom is 0.271 e. The van der Waals surface area contributed by atoms with Gasteiger partial charge in [0.15, 0.2) is 0 Å². The fraction of sp³-hybridized carbons (Fsp3) is 0.417. The van der Waals surface area contributed by atoms with E-state index in [1.54, 1.807) is 6.07 Å². The molecular weight excluding hydrogens is 246 g/mol. The zero-order valence-corrected chi connectivity index (χ0v) is 10.6. The Kier molecular flexibility index (Phi) is 2.83. The minimum absolute atomic E-state index is 0.0800. The van der Waals surface area contributed by atoms with E-state index in [-0.39, 0.29) is 5.69 Å². The Morgan fingerprint density at radius 2 is 2.37 bits per heavy atom. The van der Waals surface area contributed by atoms with E-state index in [1.807, 2.05) is 0 Å². The van der Waals surface area contributed by atoms with Crippen molar-refractivity contribution in [2.45, 2.75) is 13.0 Å². The highest BCUT2D eigenvalue weighted by Gasteiger charge is 2.19. The number of hydrogen-bond acceptors (Lipinski definition) is 5. The number of piperazine rings is 1. The SMILES string of the molecule is C[C@H]1CN(c2nc3ccc([N+](=O)[O-])cc3[nH]2)CCN1. The summed E-state index contributed by atoms with van der Waals surface area (Å²) < 4.78 is 0. The van der Waals surface area contributed by atoms with Crippen LogP contribution in [0.15, 0.2) is 18.2 Å².